The predicted molar refractivity (Wildman–Crippen MR) is 169 cm³/mol. The van der Waals surface area contributed by atoms with E-state index in [0.29, 0.717) is 4.75 Å². The van der Waals surface area contributed by atoms with Crippen LogP contribution in [0.1, 0.15) is 67.3 Å². The lowest BCUT2D eigenvalue weighted by molar-refractivity contribution is 0.260. The Kier molecular flexibility index (Phi) is 5.29. The minimum Gasteiger partial charge on any atom is -0.118 e. The summed E-state index contributed by atoms with van der Waals surface area (Å²) in [6.07, 6.45) is 5.29. The Labute approximate surface area is 242 Å². The molecule has 2 unspecified atom stereocenters. The smallest absolute Gasteiger partial charge is 0.0713 e. The van der Waals surface area contributed by atoms with Gasteiger partial charge in [0.1, 0.15) is 0 Å². The van der Waals surface area contributed by atoms with Crippen molar-refractivity contribution < 1.29 is 0 Å². The molecule has 2 atom stereocenters. The molecule has 0 radical (unpaired) electrons. The summed E-state index contributed by atoms with van der Waals surface area (Å²) in [5.41, 5.74) is 12.2. The van der Waals surface area contributed by atoms with Crippen LogP contribution in [0, 0.1) is 0 Å². The topological polar surface area (TPSA) is 0 Å². The normalized spacial score (nSPS) is 23.6. The van der Waals surface area contributed by atoms with Crippen molar-refractivity contribution in [1.82, 2.24) is 0 Å². The third-order valence-corrected chi connectivity index (χ3v) is 12.1. The molecule has 2 aliphatic carbocycles. The molecule has 40 heavy (non-hydrogen) atoms. The molecule has 3 aliphatic rings. The summed E-state index contributed by atoms with van der Waals surface area (Å²) in [5, 5.41) is 0. The number of fused-ring (bicyclic) bond motifs is 6. The zero-order valence-corrected chi connectivity index (χ0v) is 24.1. The van der Waals surface area contributed by atoms with Crippen LogP contribution in [0.5, 0.6) is 0 Å². The van der Waals surface area contributed by atoms with Gasteiger partial charge in [0, 0.05) is 15.1 Å². The number of rotatable bonds is 3. The first-order valence-corrected chi connectivity index (χ1v) is 15.6. The summed E-state index contributed by atoms with van der Waals surface area (Å²) in [4.78, 5) is 1.49. The minimum atomic E-state index is -0.356. The fraction of sp³-hybridized carbons (Fsp3) is 0.231. The zero-order chi connectivity index (χ0) is 27.0. The second-order valence-corrected chi connectivity index (χ2v) is 13.9. The highest BCUT2D eigenvalue weighted by molar-refractivity contribution is 8.01. The average molecular weight is 535 g/mol. The van der Waals surface area contributed by atoms with Crippen LogP contribution in [-0.2, 0) is 10.8 Å². The molecule has 0 N–H and O–H groups in total. The van der Waals surface area contributed by atoms with Crippen molar-refractivity contribution in [3.63, 3.8) is 0 Å². The molecule has 8 rings (SSSR count). The number of hydrogen-bond donors (Lipinski definition) is 0. The first-order valence-electron chi connectivity index (χ1n) is 14.7. The van der Waals surface area contributed by atoms with Crippen LogP contribution in [0.4, 0.5) is 0 Å². The summed E-state index contributed by atoms with van der Waals surface area (Å²) in [6.45, 7) is 5.04. The van der Waals surface area contributed by atoms with Crippen LogP contribution in [-0.4, -0.2) is 4.75 Å². The van der Waals surface area contributed by atoms with Gasteiger partial charge in [-0.1, -0.05) is 123 Å². The summed E-state index contributed by atoms with van der Waals surface area (Å²) in [6, 6.07) is 45.8. The largest absolute Gasteiger partial charge is 0.118 e. The van der Waals surface area contributed by atoms with Gasteiger partial charge < -0.3 is 0 Å². The van der Waals surface area contributed by atoms with Gasteiger partial charge in [-0.3, -0.25) is 0 Å². The quantitative estimate of drug-likeness (QED) is 0.218. The van der Waals surface area contributed by atoms with Gasteiger partial charge in [0.05, 0.1) is 5.41 Å². The molecule has 0 nitrogen and oxygen atoms in total. The van der Waals surface area contributed by atoms with Crippen LogP contribution in [0.25, 0.3) is 22.3 Å². The minimum absolute atomic E-state index is 0.242. The van der Waals surface area contributed by atoms with Crippen LogP contribution in [0.15, 0.2) is 126 Å². The Hall–Kier alpha value is -3.55. The highest BCUT2D eigenvalue weighted by atomic mass is 32.2. The maximum absolute atomic E-state index is 2.54. The third kappa shape index (κ3) is 3.16. The Balaban J connectivity index is 1.36. The number of thioether (sulfide) groups is 1. The van der Waals surface area contributed by atoms with Crippen molar-refractivity contribution in [2.75, 3.05) is 0 Å². The molecule has 0 amide bonds. The first-order chi connectivity index (χ1) is 19.5. The highest BCUT2D eigenvalue weighted by Crippen LogP contribution is 2.63. The van der Waals surface area contributed by atoms with E-state index in [4.69, 9.17) is 0 Å². The lowest BCUT2D eigenvalue weighted by Crippen LogP contribution is -2.43. The Morgan fingerprint density at radius 3 is 1.82 bits per heavy atom. The summed E-state index contributed by atoms with van der Waals surface area (Å²) in [7, 11) is 0. The number of benzene rings is 5. The van der Waals surface area contributed by atoms with E-state index < -0.39 is 0 Å². The molecular weight excluding hydrogens is 500 g/mol. The molecule has 0 spiro atoms. The lowest BCUT2D eigenvalue weighted by atomic mass is 9.64. The molecule has 1 heteroatoms. The van der Waals surface area contributed by atoms with Crippen LogP contribution in [0.3, 0.4) is 0 Å². The molecule has 0 aromatic heterocycles. The standard InChI is InChI=1S/C39H34S/c1-37-23-11-12-24-38(37,2)40-36-22-20-28(26-35(36)37)27-19-21-32-31-17-9-10-18-33(31)39(34(32)25-27,29-13-5-3-6-14-29)30-15-7-4-8-16-30/h3-10,13-22,25-26H,11-12,23-24H2,1-2H3. The first kappa shape index (κ1) is 24.3. The van der Waals surface area contributed by atoms with E-state index in [9.17, 15) is 0 Å². The highest BCUT2D eigenvalue weighted by Gasteiger charge is 2.53. The van der Waals surface area contributed by atoms with Gasteiger partial charge in [-0.15, -0.1) is 11.8 Å². The van der Waals surface area contributed by atoms with E-state index in [1.54, 1.807) is 5.56 Å². The summed E-state index contributed by atoms with van der Waals surface area (Å²) in [5.74, 6) is 0. The Bertz CT molecular complexity index is 1710. The van der Waals surface area contributed by atoms with Gasteiger partial charge in [-0.25, -0.2) is 0 Å². The van der Waals surface area contributed by atoms with Crippen molar-refractivity contribution in [1.29, 1.82) is 0 Å². The number of hydrogen-bond acceptors (Lipinski definition) is 1. The lowest BCUT2D eigenvalue weighted by Gasteiger charge is -2.45. The van der Waals surface area contributed by atoms with Gasteiger partial charge in [0.15, 0.2) is 0 Å². The summed E-state index contributed by atoms with van der Waals surface area (Å²) >= 11 is 2.13. The zero-order valence-electron chi connectivity index (χ0n) is 23.3. The fourth-order valence-corrected chi connectivity index (χ4v) is 9.86. The van der Waals surface area contributed by atoms with E-state index in [-0.39, 0.29) is 10.8 Å². The van der Waals surface area contributed by atoms with E-state index in [0.717, 1.165) is 0 Å². The maximum Gasteiger partial charge on any atom is 0.0713 e. The molecule has 5 aromatic carbocycles. The van der Waals surface area contributed by atoms with Gasteiger partial charge in [-0.2, -0.15) is 0 Å². The summed E-state index contributed by atoms with van der Waals surface area (Å²) < 4.78 is 0.307. The van der Waals surface area contributed by atoms with Crippen LogP contribution < -0.4 is 0 Å². The molecule has 1 saturated carbocycles. The van der Waals surface area contributed by atoms with Gasteiger partial charge in [0.25, 0.3) is 0 Å². The molecule has 196 valence electrons. The third-order valence-electron chi connectivity index (χ3n) is 10.4. The van der Waals surface area contributed by atoms with Crippen molar-refractivity contribution in [2.24, 2.45) is 0 Å². The molecule has 0 bridgehead atoms. The van der Waals surface area contributed by atoms with Crippen molar-refractivity contribution in [3.8, 4) is 22.3 Å². The van der Waals surface area contributed by atoms with Crippen LogP contribution >= 0.6 is 11.8 Å². The second kappa shape index (κ2) is 8.72. The monoisotopic (exact) mass is 534 g/mol. The molecule has 1 heterocycles. The second-order valence-electron chi connectivity index (χ2n) is 12.4. The molecule has 5 aromatic rings. The Morgan fingerprint density at radius 1 is 0.525 bits per heavy atom. The molecule has 1 aliphatic heterocycles. The SMILES string of the molecule is CC12CCCCC1(C)c1cc(-c3ccc4c(c3)C(c3ccccc3)(c3ccccc3)c3ccccc3-4)ccc1S2. The van der Waals surface area contributed by atoms with E-state index >= 15 is 0 Å². The maximum atomic E-state index is 2.54. The van der Waals surface area contributed by atoms with E-state index in [1.807, 2.05) is 0 Å². The van der Waals surface area contributed by atoms with E-state index in [2.05, 4.69) is 147 Å². The van der Waals surface area contributed by atoms with Crippen molar-refractivity contribution >= 4 is 11.8 Å². The Morgan fingerprint density at radius 2 is 1.10 bits per heavy atom. The molecule has 1 fully saturated rings. The van der Waals surface area contributed by atoms with E-state index in [1.165, 1.54) is 75.1 Å². The fourth-order valence-electron chi connectivity index (χ4n) is 8.16. The van der Waals surface area contributed by atoms with Gasteiger partial charge in [-0.05, 0) is 88.0 Å². The molecule has 0 saturated heterocycles. The predicted octanol–water partition coefficient (Wildman–Crippen LogP) is 10.4. The van der Waals surface area contributed by atoms with Gasteiger partial charge >= 0.3 is 0 Å². The average Bonchev–Trinajstić information content (AvgIpc) is 3.43. The molecular formula is C39H34S. The van der Waals surface area contributed by atoms with Crippen molar-refractivity contribution in [3.05, 3.63) is 149 Å². The van der Waals surface area contributed by atoms with Crippen LogP contribution in [0.2, 0.25) is 0 Å². The van der Waals surface area contributed by atoms with Crippen molar-refractivity contribution in [2.45, 2.75) is 60.0 Å². The van der Waals surface area contributed by atoms with Gasteiger partial charge in [0.2, 0.25) is 0 Å².